The molecule has 1 aromatic carbocycles. The predicted molar refractivity (Wildman–Crippen MR) is 121 cm³/mol. The van der Waals surface area contributed by atoms with Crippen molar-refractivity contribution in [1.29, 1.82) is 0 Å². The Labute approximate surface area is 182 Å². The Balaban J connectivity index is 1.90. The quantitative estimate of drug-likeness (QED) is 0.345. The molecule has 0 fully saturated rings. The molecule has 0 amide bonds. The Morgan fingerprint density at radius 2 is 1.53 bits per heavy atom. The largest absolute Gasteiger partial charge is 0.494 e. The maximum Gasteiger partial charge on any atom is 0.210 e. The third-order valence-electron chi connectivity index (χ3n) is 5.15. The fourth-order valence-electron chi connectivity index (χ4n) is 3.37. The van der Waals surface area contributed by atoms with Crippen LogP contribution in [-0.2, 0) is 9.84 Å². The van der Waals surface area contributed by atoms with Crippen molar-refractivity contribution < 1.29 is 17.6 Å². The number of benzene rings is 1. The molecule has 1 aromatic heterocycles. The van der Waals surface area contributed by atoms with Gasteiger partial charge in [-0.15, -0.1) is 0 Å². The Morgan fingerprint density at radius 3 is 2.10 bits per heavy atom. The summed E-state index contributed by atoms with van der Waals surface area (Å²) in [5, 5.41) is 0. The van der Waals surface area contributed by atoms with E-state index in [4.69, 9.17) is 9.15 Å². The van der Waals surface area contributed by atoms with Crippen LogP contribution >= 0.6 is 0 Å². The van der Waals surface area contributed by atoms with E-state index in [1.807, 2.05) is 13.8 Å². The summed E-state index contributed by atoms with van der Waals surface area (Å²) in [6.07, 6.45) is 7.29. The van der Waals surface area contributed by atoms with E-state index in [1.54, 1.807) is 24.3 Å². The SMILES string of the molecule is CCCCN(CCCC)CCCOc1ccc(S(=O)(=O)c2ccoc2C(C)C)cc1. The lowest BCUT2D eigenvalue weighted by atomic mass is 10.2. The fraction of sp³-hybridized carbons (Fsp3) is 0.583. The minimum absolute atomic E-state index is 0.00148. The lowest BCUT2D eigenvalue weighted by Gasteiger charge is -2.21. The first-order chi connectivity index (χ1) is 14.4. The highest BCUT2D eigenvalue weighted by molar-refractivity contribution is 7.91. The van der Waals surface area contributed by atoms with Crippen molar-refractivity contribution in [2.75, 3.05) is 26.2 Å². The van der Waals surface area contributed by atoms with Crippen molar-refractivity contribution in [1.82, 2.24) is 4.90 Å². The van der Waals surface area contributed by atoms with Crippen LogP contribution in [0.2, 0.25) is 0 Å². The Hall–Kier alpha value is -1.79. The van der Waals surface area contributed by atoms with Gasteiger partial charge in [0.1, 0.15) is 16.4 Å². The Morgan fingerprint density at radius 1 is 0.933 bits per heavy atom. The average Bonchev–Trinajstić information content (AvgIpc) is 3.24. The van der Waals surface area contributed by atoms with Crippen molar-refractivity contribution in [3.63, 3.8) is 0 Å². The number of ether oxygens (including phenoxy) is 1. The number of nitrogens with zero attached hydrogens (tertiary/aromatic N) is 1. The molecule has 0 bridgehead atoms. The molecule has 2 aromatic rings. The van der Waals surface area contributed by atoms with Crippen molar-refractivity contribution in [3.05, 3.63) is 42.4 Å². The number of hydrogen-bond donors (Lipinski definition) is 0. The first kappa shape index (κ1) is 24.5. The summed E-state index contributed by atoms with van der Waals surface area (Å²) in [5.41, 5.74) is 0. The van der Waals surface area contributed by atoms with E-state index in [2.05, 4.69) is 18.7 Å². The minimum atomic E-state index is -3.60. The summed E-state index contributed by atoms with van der Waals surface area (Å²) in [6, 6.07) is 8.20. The van der Waals surface area contributed by atoms with Gasteiger partial charge in [0.05, 0.1) is 17.8 Å². The molecule has 0 aliphatic rings. The van der Waals surface area contributed by atoms with Crippen LogP contribution in [0.25, 0.3) is 0 Å². The zero-order chi connectivity index (χ0) is 22.0. The summed E-state index contributed by atoms with van der Waals surface area (Å²) in [7, 11) is -3.60. The Bertz CT molecular complexity index is 832. The fourth-order valence-corrected chi connectivity index (χ4v) is 4.90. The first-order valence-electron chi connectivity index (χ1n) is 11.2. The van der Waals surface area contributed by atoms with E-state index in [0.717, 1.165) is 26.1 Å². The number of rotatable bonds is 14. The van der Waals surface area contributed by atoms with Crippen LogP contribution in [0.5, 0.6) is 5.75 Å². The third-order valence-corrected chi connectivity index (χ3v) is 6.96. The van der Waals surface area contributed by atoms with E-state index in [0.29, 0.717) is 18.1 Å². The Kier molecular flexibility index (Phi) is 9.92. The van der Waals surface area contributed by atoms with Gasteiger partial charge in [-0.1, -0.05) is 40.5 Å². The molecule has 0 saturated heterocycles. The summed E-state index contributed by atoms with van der Waals surface area (Å²) >= 11 is 0. The molecule has 0 radical (unpaired) electrons. The van der Waals surface area contributed by atoms with Crippen molar-refractivity contribution in [2.24, 2.45) is 0 Å². The second-order valence-electron chi connectivity index (χ2n) is 8.03. The van der Waals surface area contributed by atoms with Crippen molar-refractivity contribution >= 4 is 9.84 Å². The van der Waals surface area contributed by atoms with Gasteiger partial charge in [0.25, 0.3) is 0 Å². The van der Waals surface area contributed by atoms with Crippen LogP contribution < -0.4 is 4.74 Å². The van der Waals surface area contributed by atoms with Crippen LogP contribution in [0.4, 0.5) is 0 Å². The summed E-state index contributed by atoms with van der Waals surface area (Å²) in [4.78, 5) is 3.01. The summed E-state index contributed by atoms with van der Waals surface area (Å²) in [6.45, 7) is 12.2. The standard InChI is InChI=1S/C24H37NO4S/c1-5-7-15-25(16-8-6-2)17-9-18-28-21-10-12-22(13-11-21)30(26,27)23-14-19-29-24(23)20(3)4/h10-14,19-20H,5-9,15-18H2,1-4H3. The zero-order valence-electron chi connectivity index (χ0n) is 18.9. The second kappa shape index (κ2) is 12.2. The summed E-state index contributed by atoms with van der Waals surface area (Å²) < 4.78 is 37.1. The van der Waals surface area contributed by atoms with Crippen LogP contribution in [0.1, 0.15) is 71.5 Å². The van der Waals surface area contributed by atoms with E-state index < -0.39 is 9.84 Å². The van der Waals surface area contributed by atoms with Crippen molar-refractivity contribution in [2.45, 2.75) is 75.5 Å². The predicted octanol–water partition coefficient (Wildman–Crippen LogP) is 5.91. The van der Waals surface area contributed by atoms with Gasteiger partial charge in [0, 0.05) is 12.5 Å². The molecule has 0 unspecified atom stereocenters. The number of hydrogen-bond acceptors (Lipinski definition) is 5. The smallest absolute Gasteiger partial charge is 0.210 e. The normalized spacial score (nSPS) is 12.1. The lowest BCUT2D eigenvalue weighted by molar-refractivity contribution is 0.229. The van der Waals surface area contributed by atoms with Gasteiger partial charge < -0.3 is 14.1 Å². The van der Waals surface area contributed by atoms with Crippen LogP contribution in [-0.4, -0.2) is 39.6 Å². The average molecular weight is 436 g/mol. The lowest BCUT2D eigenvalue weighted by Crippen LogP contribution is -2.28. The highest BCUT2D eigenvalue weighted by atomic mass is 32.2. The molecular weight excluding hydrogens is 398 g/mol. The van der Waals surface area contributed by atoms with Gasteiger partial charge in [-0.3, -0.25) is 0 Å². The van der Waals surface area contributed by atoms with Gasteiger partial charge in [-0.05, 0) is 62.7 Å². The van der Waals surface area contributed by atoms with E-state index in [9.17, 15) is 8.42 Å². The van der Waals surface area contributed by atoms with E-state index >= 15 is 0 Å². The molecule has 1 heterocycles. The maximum absolute atomic E-state index is 12.9. The zero-order valence-corrected chi connectivity index (χ0v) is 19.7. The molecule has 30 heavy (non-hydrogen) atoms. The highest BCUT2D eigenvalue weighted by Crippen LogP contribution is 2.30. The third kappa shape index (κ3) is 6.88. The van der Waals surface area contributed by atoms with Gasteiger partial charge in [0.2, 0.25) is 9.84 Å². The van der Waals surface area contributed by atoms with Gasteiger partial charge in [-0.25, -0.2) is 8.42 Å². The molecule has 168 valence electrons. The molecule has 0 aliphatic heterocycles. The monoisotopic (exact) mass is 435 g/mol. The molecule has 0 atom stereocenters. The van der Waals surface area contributed by atoms with Crippen LogP contribution in [0.15, 0.2) is 50.8 Å². The maximum atomic E-state index is 12.9. The highest BCUT2D eigenvalue weighted by Gasteiger charge is 2.25. The molecule has 0 N–H and O–H groups in total. The van der Waals surface area contributed by atoms with E-state index in [-0.39, 0.29) is 15.7 Å². The van der Waals surface area contributed by atoms with Gasteiger partial charge in [-0.2, -0.15) is 0 Å². The van der Waals surface area contributed by atoms with E-state index in [1.165, 1.54) is 38.0 Å². The van der Waals surface area contributed by atoms with Gasteiger partial charge >= 0.3 is 0 Å². The van der Waals surface area contributed by atoms with Gasteiger partial charge in [0.15, 0.2) is 0 Å². The van der Waals surface area contributed by atoms with Crippen LogP contribution in [0.3, 0.4) is 0 Å². The minimum Gasteiger partial charge on any atom is -0.494 e. The molecule has 5 nitrogen and oxygen atoms in total. The first-order valence-corrected chi connectivity index (χ1v) is 12.7. The molecule has 6 heteroatoms. The summed E-state index contributed by atoms with van der Waals surface area (Å²) in [5.74, 6) is 1.19. The number of sulfone groups is 1. The topological polar surface area (TPSA) is 59.8 Å². The van der Waals surface area contributed by atoms with Crippen molar-refractivity contribution in [3.8, 4) is 5.75 Å². The second-order valence-corrected chi connectivity index (χ2v) is 9.95. The number of unbranched alkanes of at least 4 members (excludes halogenated alkanes) is 2. The molecule has 0 aliphatic carbocycles. The molecular formula is C24H37NO4S. The number of furan rings is 1. The van der Waals surface area contributed by atoms with Crippen LogP contribution in [0, 0.1) is 0 Å². The molecule has 0 spiro atoms. The molecule has 2 rings (SSSR count). The molecule has 0 saturated carbocycles.